The molecule has 1 aliphatic heterocycles. The van der Waals surface area contributed by atoms with Gasteiger partial charge in [0.2, 0.25) is 5.28 Å². The summed E-state index contributed by atoms with van der Waals surface area (Å²) in [5, 5.41) is 4.55. The molecule has 1 N–H and O–H groups in total. The van der Waals surface area contributed by atoms with Crippen molar-refractivity contribution in [2.45, 2.75) is 6.54 Å². The molecule has 1 aliphatic rings. The average Bonchev–Trinajstić information content (AvgIpc) is 2.81. The highest BCUT2D eigenvalue weighted by Crippen LogP contribution is 2.32. The molecule has 0 unspecified atom stereocenters. The lowest BCUT2D eigenvalue weighted by molar-refractivity contribution is 0.122. The van der Waals surface area contributed by atoms with Crippen molar-refractivity contribution in [2.24, 2.45) is 0 Å². The Balaban J connectivity index is 2.05. The molecular weight excluding hydrogens is 284 g/mol. The molecule has 2 aromatic heterocycles. The molecule has 0 bridgehead atoms. The van der Waals surface area contributed by atoms with Crippen LogP contribution in [0.4, 0.5) is 5.82 Å². The highest BCUT2D eigenvalue weighted by atomic mass is 35.5. The Morgan fingerprint density at radius 2 is 2.21 bits per heavy atom. The molecule has 0 atom stereocenters. The molecule has 3 rings (SSSR count). The second kappa shape index (κ2) is 5.58. The minimum atomic E-state index is 0.312. The number of nitrogens with one attached hydrogen (secondary N) is 1. The number of anilines is 1. The molecule has 102 valence electrons. The second-order valence-corrected chi connectivity index (χ2v) is 5.83. The van der Waals surface area contributed by atoms with Crippen LogP contribution in [0, 0.1) is 0 Å². The number of hydrogen-bond donors (Lipinski definition) is 1. The summed E-state index contributed by atoms with van der Waals surface area (Å²) in [6, 6.07) is 2.15. The van der Waals surface area contributed by atoms with Gasteiger partial charge in [0, 0.05) is 24.5 Å². The van der Waals surface area contributed by atoms with Crippen LogP contribution in [0.25, 0.3) is 10.2 Å². The summed E-state index contributed by atoms with van der Waals surface area (Å²) in [7, 11) is 1.94. The lowest BCUT2D eigenvalue weighted by Crippen LogP contribution is -2.36. The fraction of sp³-hybridized carbons (Fsp3) is 0.500. The topological polar surface area (TPSA) is 50.3 Å². The van der Waals surface area contributed by atoms with Crippen LogP contribution >= 0.6 is 22.9 Å². The molecule has 19 heavy (non-hydrogen) atoms. The van der Waals surface area contributed by atoms with E-state index < -0.39 is 0 Å². The summed E-state index contributed by atoms with van der Waals surface area (Å²) in [5.41, 5.74) is 0. The first-order valence-electron chi connectivity index (χ1n) is 6.21. The van der Waals surface area contributed by atoms with E-state index in [2.05, 4.69) is 26.3 Å². The SMILES string of the molecule is CNCc1cc2c(N3CCOCC3)nc(Cl)nc2s1. The Bertz CT molecular complexity index is 582. The van der Waals surface area contributed by atoms with Gasteiger partial charge in [0.25, 0.3) is 0 Å². The maximum Gasteiger partial charge on any atom is 0.225 e. The molecule has 0 amide bonds. The van der Waals surface area contributed by atoms with Crippen LogP contribution in [0.2, 0.25) is 5.28 Å². The van der Waals surface area contributed by atoms with E-state index in [0.29, 0.717) is 5.28 Å². The molecule has 5 nitrogen and oxygen atoms in total. The molecule has 7 heteroatoms. The third-order valence-corrected chi connectivity index (χ3v) is 4.26. The number of nitrogens with zero attached hydrogens (tertiary/aromatic N) is 3. The van der Waals surface area contributed by atoms with Crippen molar-refractivity contribution in [2.75, 3.05) is 38.3 Å². The quantitative estimate of drug-likeness (QED) is 0.877. The van der Waals surface area contributed by atoms with Gasteiger partial charge in [-0.3, -0.25) is 0 Å². The maximum absolute atomic E-state index is 6.04. The summed E-state index contributed by atoms with van der Waals surface area (Å²) in [6.07, 6.45) is 0. The Labute approximate surface area is 120 Å². The van der Waals surface area contributed by atoms with Crippen LogP contribution in [0.15, 0.2) is 6.07 Å². The zero-order valence-electron chi connectivity index (χ0n) is 10.6. The Kier molecular flexibility index (Phi) is 3.83. The first-order valence-corrected chi connectivity index (χ1v) is 7.40. The van der Waals surface area contributed by atoms with E-state index in [-0.39, 0.29) is 0 Å². The number of aromatic nitrogens is 2. The lowest BCUT2D eigenvalue weighted by Gasteiger charge is -2.28. The van der Waals surface area contributed by atoms with Gasteiger partial charge in [0.15, 0.2) is 0 Å². The van der Waals surface area contributed by atoms with Crippen molar-refractivity contribution < 1.29 is 4.74 Å². The molecule has 0 radical (unpaired) electrons. The van der Waals surface area contributed by atoms with E-state index in [0.717, 1.165) is 48.9 Å². The molecule has 2 aromatic rings. The highest BCUT2D eigenvalue weighted by molar-refractivity contribution is 7.18. The van der Waals surface area contributed by atoms with Crippen molar-refractivity contribution in [3.8, 4) is 0 Å². The fourth-order valence-corrected chi connectivity index (χ4v) is 3.46. The normalized spacial score (nSPS) is 16.2. The third kappa shape index (κ3) is 2.67. The molecular formula is C12H15ClN4OS. The van der Waals surface area contributed by atoms with Crippen molar-refractivity contribution in [1.29, 1.82) is 0 Å². The van der Waals surface area contributed by atoms with Gasteiger partial charge in [0.1, 0.15) is 10.6 Å². The Morgan fingerprint density at radius 1 is 1.42 bits per heavy atom. The van der Waals surface area contributed by atoms with Gasteiger partial charge >= 0.3 is 0 Å². The van der Waals surface area contributed by atoms with Crippen LogP contribution in [0.5, 0.6) is 0 Å². The molecule has 1 fully saturated rings. The summed E-state index contributed by atoms with van der Waals surface area (Å²) in [6.45, 7) is 3.99. The second-order valence-electron chi connectivity index (χ2n) is 4.38. The van der Waals surface area contributed by atoms with Crippen molar-refractivity contribution in [3.05, 3.63) is 16.2 Å². The van der Waals surface area contributed by atoms with Gasteiger partial charge in [-0.15, -0.1) is 11.3 Å². The van der Waals surface area contributed by atoms with Crippen LogP contribution in [-0.2, 0) is 11.3 Å². The summed E-state index contributed by atoms with van der Waals surface area (Å²) in [5.74, 6) is 0.928. The largest absolute Gasteiger partial charge is 0.378 e. The number of ether oxygens (including phenoxy) is 1. The zero-order valence-corrected chi connectivity index (χ0v) is 12.2. The van der Waals surface area contributed by atoms with Crippen molar-refractivity contribution in [1.82, 2.24) is 15.3 Å². The maximum atomic E-state index is 6.04. The summed E-state index contributed by atoms with van der Waals surface area (Å²) < 4.78 is 5.38. The van der Waals surface area contributed by atoms with E-state index in [4.69, 9.17) is 16.3 Å². The van der Waals surface area contributed by atoms with Gasteiger partial charge in [-0.05, 0) is 24.7 Å². The summed E-state index contributed by atoms with van der Waals surface area (Å²) in [4.78, 5) is 13.1. The Morgan fingerprint density at radius 3 is 2.95 bits per heavy atom. The first-order chi connectivity index (χ1) is 9.28. The molecule has 0 aliphatic carbocycles. The molecule has 0 aromatic carbocycles. The predicted octanol–water partition coefficient (Wildman–Crippen LogP) is 1.90. The third-order valence-electron chi connectivity index (χ3n) is 3.06. The number of thiophene rings is 1. The standard InChI is InChI=1S/C12H15ClN4OS/c1-14-7-8-6-9-10(17-2-4-18-5-3-17)15-12(13)16-11(9)19-8/h6,14H,2-5,7H2,1H3. The van der Waals surface area contributed by atoms with Crippen molar-refractivity contribution >= 4 is 39.0 Å². The molecule has 1 saturated heterocycles. The van der Waals surface area contributed by atoms with Crippen LogP contribution < -0.4 is 10.2 Å². The monoisotopic (exact) mass is 298 g/mol. The highest BCUT2D eigenvalue weighted by Gasteiger charge is 2.18. The van der Waals surface area contributed by atoms with E-state index in [1.54, 1.807) is 11.3 Å². The van der Waals surface area contributed by atoms with Crippen LogP contribution in [-0.4, -0.2) is 43.3 Å². The van der Waals surface area contributed by atoms with E-state index >= 15 is 0 Å². The van der Waals surface area contributed by atoms with Crippen LogP contribution in [0.1, 0.15) is 4.88 Å². The number of halogens is 1. The van der Waals surface area contributed by atoms with Gasteiger partial charge in [0.05, 0.1) is 18.6 Å². The van der Waals surface area contributed by atoms with Crippen molar-refractivity contribution in [3.63, 3.8) is 0 Å². The average molecular weight is 299 g/mol. The predicted molar refractivity (Wildman–Crippen MR) is 78.2 cm³/mol. The van der Waals surface area contributed by atoms with E-state index in [1.165, 1.54) is 4.88 Å². The Hall–Kier alpha value is -0.950. The number of fused-ring (bicyclic) bond motifs is 1. The van der Waals surface area contributed by atoms with Gasteiger partial charge in [-0.25, -0.2) is 4.98 Å². The molecule has 0 spiro atoms. The van der Waals surface area contributed by atoms with Gasteiger partial charge in [-0.1, -0.05) is 0 Å². The van der Waals surface area contributed by atoms with Gasteiger partial charge < -0.3 is 15.0 Å². The van der Waals surface area contributed by atoms with Crippen LogP contribution in [0.3, 0.4) is 0 Å². The summed E-state index contributed by atoms with van der Waals surface area (Å²) >= 11 is 7.70. The molecule has 0 saturated carbocycles. The number of rotatable bonds is 3. The van der Waals surface area contributed by atoms with Gasteiger partial charge in [-0.2, -0.15) is 4.98 Å². The lowest BCUT2D eigenvalue weighted by atomic mass is 10.3. The fourth-order valence-electron chi connectivity index (χ4n) is 2.21. The first kappa shape index (κ1) is 13.1. The van der Waals surface area contributed by atoms with E-state index in [1.807, 2.05) is 7.05 Å². The molecule has 3 heterocycles. The number of morpholine rings is 1. The zero-order chi connectivity index (χ0) is 13.2. The minimum absolute atomic E-state index is 0.312. The van der Waals surface area contributed by atoms with E-state index in [9.17, 15) is 0 Å². The minimum Gasteiger partial charge on any atom is -0.378 e. The smallest absolute Gasteiger partial charge is 0.225 e. The number of hydrogen-bond acceptors (Lipinski definition) is 6.